The van der Waals surface area contributed by atoms with Gasteiger partial charge in [-0.3, -0.25) is 9.48 Å². The first-order valence-corrected chi connectivity index (χ1v) is 8.97. The van der Waals surface area contributed by atoms with Crippen LogP contribution in [0.5, 0.6) is 0 Å². The van der Waals surface area contributed by atoms with Crippen LogP contribution in [-0.4, -0.2) is 34.0 Å². The monoisotopic (exact) mass is 358 g/mol. The number of hydrogen-bond acceptors (Lipinski definition) is 4. The second kappa shape index (κ2) is 7.33. The molecule has 3 aromatic rings. The standard InChI is InChI=1S/C18H22N4O2S/c1-12-5-6-15-16(9-12)25-18(21(15)7-8-24-4)19-17(23)11-22-14(3)10-13(2)20-22/h5-6,9-10H,7-8,11H2,1-4H3. The lowest BCUT2D eigenvalue weighted by Crippen LogP contribution is -2.21. The first-order valence-electron chi connectivity index (χ1n) is 8.15. The Morgan fingerprint density at radius 3 is 2.76 bits per heavy atom. The summed E-state index contributed by atoms with van der Waals surface area (Å²) < 4.78 is 10.1. The quantitative estimate of drug-likeness (QED) is 0.704. The minimum absolute atomic E-state index is 0.150. The van der Waals surface area contributed by atoms with E-state index in [0.717, 1.165) is 21.6 Å². The predicted molar refractivity (Wildman–Crippen MR) is 98.7 cm³/mol. The Balaban J connectivity index is 1.99. The van der Waals surface area contributed by atoms with E-state index in [1.807, 2.05) is 24.5 Å². The summed E-state index contributed by atoms with van der Waals surface area (Å²) in [7, 11) is 1.67. The van der Waals surface area contributed by atoms with Crippen LogP contribution in [0.3, 0.4) is 0 Å². The predicted octanol–water partition coefficient (Wildman–Crippen LogP) is 2.60. The highest BCUT2D eigenvalue weighted by atomic mass is 32.1. The molecule has 0 saturated carbocycles. The largest absolute Gasteiger partial charge is 0.383 e. The highest BCUT2D eigenvalue weighted by Gasteiger charge is 2.10. The Morgan fingerprint density at radius 1 is 1.28 bits per heavy atom. The van der Waals surface area contributed by atoms with Gasteiger partial charge in [-0.15, -0.1) is 0 Å². The SMILES string of the molecule is COCCn1c(=NC(=O)Cn2nc(C)cc2C)sc2cc(C)ccc21. The molecule has 0 spiro atoms. The van der Waals surface area contributed by atoms with Gasteiger partial charge in [0.05, 0.1) is 22.5 Å². The van der Waals surface area contributed by atoms with Crippen LogP contribution in [0.4, 0.5) is 0 Å². The zero-order valence-electron chi connectivity index (χ0n) is 14.9. The summed E-state index contributed by atoms with van der Waals surface area (Å²) in [5, 5.41) is 4.33. The van der Waals surface area contributed by atoms with E-state index in [2.05, 4.69) is 35.2 Å². The molecule has 7 heteroatoms. The van der Waals surface area contributed by atoms with Crippen molar-refractivity contribution in [3.63, 3.8) is 0 Å². The van der Waals surface area contributed by atoms with Gasteiger partial charge < -0.3 is 9.30 Å². The third-order valence-electron chi connectivity index (χ3n) is 3.97. The second-order valence-corrected chi connectivity index (χ2v) is 7.10. The van der Waals surface area contributed by atoms with Crippen molar-refractivity contribution in [1.29, 1.82) is 0 Å². The summed E-state index contributed by atoms with van der Waals surface area (Å²) in [6, 6.07) is 8.21. The van der Waals surface area contributed by atoms with Gasteiger partial charge in [0.1, 0.15) is 6.54 Å². The molecule has 1 amide bonds. The van der Waals surface area contributed by atoms with Crippen molar-refractivity contribution in [1.82, 2.24) is 14.3 Å². The molecular formula is C18H22N4O2S. The molecule has 25 heavy (non-hydrogen) atoms. The van der Waals surface area contributed by atoms with Crippen molar-refractivity contribution in [2.24, 2.45) is 4.99 Å². The first-order chi connectivity index (χ1) is 12.0. The molecule has 0 saturated heterocycles. The van der Waals surface area contributed by atoms with Gasteiger partial charge in [0, 0.05) is 19.3 Å². The number of fused-ring (bicyclic) bond motifs is 1. The fraction of sp³-hybridized carbons (Fsp3) is 0.389. The molecular weight excluding hydrogens is 336 g/mol. The summed E-state index contributed by atoms with van der Waals surface area (Å²) >= 11 is 1.53. The van der Waals surface area contributed by atoms with Gasteiger partial charge in [0.15, 0.2) is 4.80 Å². The van der Waals surface area contributed by atoms with Crippen molar-refractivity contribution in [2.45, 2.75) is 33.9 Å². The molecule has 0 aliphatic carbocycles. The lowest BCUT2D eigenvalue weighted by molar-refractivity contribution is -0.118. The van der Waals surface area contributed by atoms with E-state index < -0.39 is 0 Å². The number of ether oxygens (including phenoxy) is 1. The Morgan fingerprint density at radius 2 is 2.08 bits per heavy atom. The van der Waals surface area contributed by atoms with Crippen LogP contribution < -0.4 is 4.80 Å². The van der Waals surface area contributed by atoms with Crippen LogP contribution >= 0.6 is 11.3 Å². The third-order valence-corrected chi connectivity index (χ3v) is 5.01. The number of amides is 1. The average Bonchev–Trinajstić information content (AvgIpc) is 3.03. The minimum atomic E-state index is -0.208. The maximum absolute atomic E-state index is 12.4. The normalized spacial score (nSPS) is 12.2. The lowest BCUT2D eigenvalue weighted by Gasteiger charge is -2.04. The number of methoxy groups -OCH3 is 1. The van der Waals surface area contributed by atoms with Crippen molar-refractivity contribution in [3.8, 4) is 0 Å². The molecule has 2 aromatic heterocycles. The molecule has 0 N–H and O–H groups in total. The van der Waals surface area contributed by atoms with Crippen LogP contribution in [0.2, 0.25) is 0 Å². The number of carbonyl (C=O) groups excluding carboxylic acids is 1. The van der Waals surface area contributed by atoms with Crippen LogP contribution in [0.25, 0.3) is 10.2 Å². The average molecular weight is 358 g/mol. The van der Waals surface area contributed by atoms with E-state index in [1.165, 1.54) is 16.9 Å². The fourth-order valence-electron chi connectivity index (χ4n) is 2.77. The van der Waals surface area contributed by atoms with Gasteiger partial charge in [0.25, 0.3) is 5.91 Å². The number of benzene rings is 1. The summed E-state index contributed by atoms with van der Waals surface area (Å²) in [6.45, 7) is 7.29. The molecule has 1 aromatic carbocycles. The molecule has 132 valence electrons. The molecule has 0 aliphatic rings. The fourth-order valence-corrected chi connectivity index (χ4v) is 3.94. The van der Waals surface area contributed by atoms with Gasteiger partial charge in [-0.25, -0.2) is 0 Å². The maximum Gasteiger partial charge on any atom is 0.270 e. The smallest absolute Gasteiger partial charge is 0.270 e. The number of carbonyl (C=O) groups is 1. The Bertz CT molecular complexity index is 981. The van der Waals surface area contributed by atoms with Crippen LogP contribution in [-0.2, 0) is 22.6 Å². The van der Waals surface area contributed by atoms with Crippen LogP contribution in [0, 0.1) is 20.8 Å². The van der Waals surface area contributed by atoms with E-state index in [4.69, 9.17) is 4.74 Å². The van der Waals surface area contributed by atoms with Gasteiger partial charge in [0.2, 0.25) is 0 Å². The molecule has 3 rings (SSSR count). The van der Waals surface area contributed by atoms with Gasteiger partial charge >= 0.3 is 0 Å². The number of thiazole rings is 1. The maximum atomic E-state index is 12.4. The molecule has 6 nitrogen and oxygen atoms in total. The van der Waals surface area contributed by atoms with Gasteiger partial charge in [-0.2, -0.15) is 10.1 Å². The zero-order valence-corrected chi connectivity index (χ0v) is 15.8. The number of rotatable bonds is 5. The van der Waals surface area contributed by atoms with Crippen LogP contribution in [0.1, 0.15) is 17.0 Å². The topological polar surface area (TPSA) is 61.4 Å². The van der Waals surface area contributed by atoms with Crippen molar-refractivity contribution < 1.29 is 9.53 Å². The number of aromatic nitrogens is 3. The van der Waals surface area contributed by atoms with E-state index in [9.17, 15) is 4.79 Å². The highest BCUT2D eigenvalue weighted by molar-refractivity contribution is 7.16. The first kappa shape index (κ1) is 17.6. The van der Waals surface area contributed by atoms with E-state index >= 15 is 0 Å². The van der Waals surface area contributed by atoms with Gasteiger partial charge in [-0.05, 0) is 44.5 Å². The number of hydrogen-bond donors (Lipinski definition) is 0. The van der Waals surface area contributed by atoms with E-state index in [1.54, 1.807) is 11.8 Å². The molecule has 0 bridgehead atoms. The molecule has 0 atom stereocenters. The minimum Gasteiger partial charge on any atom is -0.383 e. The van der Waals surface area contributed by atoms with Crippen molar-refractivity contribution >= 4 is 27.5 Å². The summed E-state index contributed by atoms with van der Waals surface area (Å²) in [5.41, 5.74) is 4.12. The van der Waals surface area contributed by atoms with E-state index in [-0.39, 0.29) is 12.5 Å². The highest BCUT2D eigenvalue weighted by Crippen LogP contribution is 2.19. The van der Waals surface area contributed by atoms with E-state index in [0.29, 0.717) is 18.0 Å². The third kappa shape index (κ3) is 3.88. The van der Waals surface area contributed by atoms with Crippen molar-refractivity contribution in [2.75, 3.05) is 13.7 Å². The van der Waals surface area contributed by atoms with Gasteiger partial charge in [-0.1, -0.05) is 17.4 Å². The molecule has 2 heterocycles. The Hall–Kier alpha value is -2.25. The lowest BCUT2D eigenvalue weighted by atomic mass is 10.2. The molecule has 0 unspecified atom stereocenters. The molecule has 0 aliphatic heterocycles. The van der Waals surface area contributed by atoms with Crippen molar-refractivity contribution in [3.05, 3.63) is 46.0 Å². The Labute approximate surface area is 150 Å². The number of nitrogens with zero attached hydrogens (tertiary/aromatic N) is 4. The second-order valence-electron chi connectivity index (χ2n) is 6.09. The zero-order chi connectivity index (χ0) is 18.0. The summed E-state index contributed by atoms with van der Waals surface area (Å²) in [6.07, 6.45) is 0. The Kier molecular flexibility index (Phi) is 5.15. The molecule has 0 fully saturated rings. The number of aryl methyl sites for hydroxylation is 3. The van der Waals surface area contributed by atoms with Crippen LogP contribution in [0.15, 0.2) is 29.3 Å². The summed E-state index contributed by atoms with van der Waals surface area (Å²) in [5.74, 6) is -0.208. The summed E-state index contributed by atoms with van der Waals surface area (Å²) in [4.78, 5) is 17.5. The molecule has 0 radical (unpaired) electrons.